The van der Waals surface area contributed by atoms with Gasteiger partial charge in [0.15, 0.2) is 18.9 Å². The van der Waals surface area contributed by atoms with Crippen molar-refractivity contribution >= 4 is 0 Å². The van der Waals surface area contributed by atoms with E-state index in [0.717, 1.165) is 0 Å². The third-order valence-electron chi connectivity index (χ3n) is 9.40. The number of hydrogen-bond acceptors (Lipinski definition) is 21. The maximum atomic E-state index is 11.0. The van der Waals surface area contributed by atoms with Gasteiger partial charge in [0.25, 0.3) is 0 Å². The summed E-state index contributed by atoms with van der Waals surface area (Å²) >= 11 is 0. The lowest BCUT2D eigenvalue weighted by atomic mass is 9.79. The summed E-state index contributed by atoms with van der Waals surface area (Å²) < 4.78 is 32.6. The summed E-state index contributed by atoms with van der Waals surface area (Å²) in [5.41, 5.74) is -1.59. The quantitative estimate of drug-likeness (QED) is 0.0954. The molecule has 0 unspecified atom stereocenters. The Hall–Kier alpha value is -0.840. The summed E-state index contributed by atoms with van der Waals surface area (Å²) in [6.45, 7) is -3.20. The molecule has 5 aliphatic rings. The van der Waals surface area contributed by atoms with Crippen molar-refractivity contribution in [2.75, 3.05) is 26.4 Å². The van der Waals surface area contributed by atoms with Crippen LogP contribution in [0.5, 0.6) is 0 Å². The van der Waals surface area contributed by atoms with Gasteiger partial charge in [-0.05, 0) is 0 Å². The molecule has 4 heterocycles. The Balaban J connectivity index is 1.25. The summed E-state index contributed by atoms with van der Waals surface area (Å²) in [5.74, 6) is 0. The Labute approximate surface area is 260 Å². The first-order valence-electron chi connectivity index (χ1n) is 14.7. The number of aliphatic hydroxyl groups is 14. The van der Waals surface area contributed by atoms with Crippen molar-refractivity contribution < 1.29 is 99.9 Å². The van der Waals surface area contributed by atoms with E-state index in [-0.39, 0.29) is 0 Å². The lowest BCUT2D eigenvalue weighted by molar-refractivity contribution is -0.375. The van der Waals surface area contributed by atoms with Crippen molar-refractivity contribution in [3.63, 3.8) is 0 Å². The van der Waals surface area contributed by atoms with Gasteiger partial charge >= 0.3 is 0 Å². The molecule has 0 bridgehead atoms. The van der Waals surface area contributed by atoms with Gasteiger partial charge in [-0.25, -0.2) is 0 Å². The second kappa shape index (κ2) is 14.2. The predicted molar refractivity (Wildman–Crippen MR) is 139 cm³/mol. The Morgan fingerprint density at radius 1 is 0.522 bits per heavy atom. The van der Waals surface area contributed by atoms with Gasteiger partial charge in [0, 0.05) is 0 Å². The van der Waals surface area contributed by atoms with Crippen molar-refractivity contribution in [3.8, 4) is 0 Å². The van der Waals surface area contributed by atoms with Crippen molar-refractivity contribution in [1.82, 2.24) is 5.32 Å². The number of nitrogens with one attached hydrogen (secondary N) is 1. The molecule has 0 aromatic heterocycles. The fourth-order valence-corrected chi connectivity index (χ4v) is 6.60. The first kappa shape index (κ1) is 36.4. The van der Waals surface area contributed by atoms with E-state index < -0.39 is 155 Å². The van der Waals surface area contributed by atoms with Crippen LogP contribution in [0.4, 0.5) is 0 Å². The van der Waals surface area contributed by atoms with E-state index in [1.165, 1.54) is 0 Å². The van der Waals surface area contributed by atoms with Crippen LogP contribution in [0.25, 0.3) is 0 Å². The molecular formula is C25H43NO20. The number of ether oxygens (including phenoxy) is 6. The van der Waals surface area contributed by atoms with Crippen LogP contribution in [-0.2, 0) is 28.4 Å². The highest BCUT2D eigenvalue weighted by Gasteiger charge is 2.72. The van der Waals surface area contributed by atoms with Crippen LogP contribution in [0.2, 0.25) is 0 Å². The smallest absolute Gasteiger partial charge is 0.187 e. The van der Waals surface area contributed by atoms with Crippen molar-refractivity contribution in [1.29, 1.82) is 0 Å². The first-order chi connectivity index (χ1) is 21.8. The predicted octanol–water partition coefficient (Wildman–Crippen LogP) is -10.4. The van der Waals surface area contributed by atoms with Crippen molar-refractivity contribution in [2.24, 2.45) is 0 Å². The highest BCUT2D eigenvalue weighted by molar-refractivity contribution is 5.22. The van der Waals surface area contributed by atoms with Gasteiger partial charge in [-0.2, -0.15) is 0 Å². The maximum Gasteiger partial charge on any atom is 0.187 e. The lowest BCUT2D eigenvalue weighted by Crippen LogP contribution is -2.71. The van der Waals surface area contributed by atoms with Crippen LogP contribution in [-0.4, -0.2) is 226 Å². The molecule has 4 aliphatic heterocycles. The zero-order valence-electron chi connectivity index (χ0n) is 24.1. The summed E-state index contributed by atoms with van der Waals surface area (Å²) in [6, 6.07) is -2.57. The van der Waals surface area contributed by atoms with E-state index in [2.05, 4.69) is 5.32 Å². The number of hydrogen-bond donors (Lipinski definition) is 15. The standard InChI is InChI=1S/C25H43NO20/c27-1-5-8(26-9-11(32)14(35)20(39)25(4-30)21(9)46-25)10(31)16(37)23(42-5)45-19-7(3-29)43-24(17(38)13(19)34)44-18-6(2-28)41-22(40)15(36)12(18)33/h5-24,26-40H,1-4H2/t5-,6-,7-,8-,9-,10+,11+,12-,13-,14-,15-,16-,17-,18-,19-,20+,21-,22+,23-,24-,25+/m1/s1. The molecule has 21 nitrogen and oxygen atoms in total. The van der Waals surface area contributed by atoms with Crippen LogP contribution in [0.3, 0.4) is 0 Å². The van der Waals surface area contributed by atoms with Crippen LogP contribution in [0.1, 0.15) is 0 Å². The molecule has 5 fully saturated rings. The lowest BCUT2D eigenvalue weighted by Gasteiger charge is -2.49. The van der Waals surface area contributed by atoms with Crippen molar-refractivity contribution in [2.45, 2.75) is 128 Å². The topological polar surface area (TPSA) is 354 Å². The molecule has 46 heavy (non-hydrogen) atoms. The van der Waals surface area contributed by atoms with Crippen LogP contribution < -0.4 is 5.32 Å². The third-order valence-corrected chi connectivity index (χ3v) is 9.40. The van der Waals surface area contributed by atoms with E-state index >= 15 is 0 Å². The summed E-state index contributed by atoms with van der Waals surface area (Å²) in [6.07, 6.45) is -30.6. The summed E-state index contributed by atoms with van der Waals surface area (Å²) in [5, 5.41) is 147. The normalized spacial score (nSPS) is 56.0. The van der Waals surface area contributed by atoms with Crippen LogP contribution in [0, 0.1) is 0 Å². The number of fused-ring (bicyclic) bond motifs is 1. The van der Waals surface area contributed by atoms with Crippen LogP contribution in [0.15, 0.2) is 0 Å². The monoisotopic (exact) mass is 677 g/mol. The molecule has 0 aromatic carbocycles. The van der Waals surface area contributed by atoms with E-state index in [0.29, 0.717) is 0 Å². The zero-order valence-corrected chi connectivity index (χ0v) is 24.1. The fraction of sp³-hybridized carbons (Fsp3) is 1.00. The molecule has 4 saturated heterocycles. The minimum absolute atomic E-state index is 0.704. The SMILES string of the molecule is OC[C@H]1O[C@H](O[C@H]2[C@H](O)[C@@H](O)[C@@H](O[C@H]3[C@H](O)[C@@H](O)[C@@H](O)O[C@@H]3CO)O[C@@H]2CO)[C@H](O)[C@@H](O)[C@@H]1N[C@@H]1[C@H](O)[C@@H](O)[C@H](O)[C@]2(CO)O[C@H]12. The van der Waals surface area contributed by atoms with Gasteiger partial charge in [0.1, 0.15) is 97.2 Å². The molecule has 0 aromatic rings. The molecule has 5 rings (SSSR count). The Morgan fingerprint density at radius 3 is 1.54 bits per heavy atom. The molecule has 268 valence electrons. The van der Waals surface area contributed by atoms with E-state index in [1.54, 1.807) is 0 Å². The van der Waals surface area contributed by atoms with Gasteiger partial charge in [0.05, 0.1) is 38.5 Å². The van der Waals surface area contributed by atoms with E-state index in [9.17, 15) is 71.5 Å². The third kappa shape index (κ3) is 6.21. The molecule has 0 amide bonds. The van der Waals surface area contributed by atoms with Gasteiger partial charge in [-0.15, -0.1) is 0 Å². The number of epoxide rings is 1. The molecule has 21 atom stereocenters. The van der Waals surface area contributed by atoms with Crippen molar-refractivity contribution in [3.05, 3.63) is 0 Å². The molecule has 1 saturated carbocycles. The molecular weight excluding hydrogens is 634 g/mol. The summed E-state index contributed by atoms with van der Waals surface area (Å²) in [7, 11) is 0. The first-order valence-corrected chi connectivity index (χ1v) is 14.7. The molecule has 1 aliphatic carbocycles. The fourth-order valence-electron chi connectivity index (χ4n) is 6.60. The van der Waals surface area contributed by atoms with Gasteiger partial charge in [0.2, 0.25) is 0 Å². The minimum atomic E-state index is -1.99. The van der Waals surface area contributed by atoms with Gasteiger partial charge in [-0.1, -0.05) is 0 Å². The summed E-state index contributed by atoms with van der Waals surface area (Å²) in [4.78, 5) is 0. The van der Waals surface area contributed by atoms with Crippen LogP contribution >= 0.6 is 0 Å². The molecule has 0 radical (unpaired) electrons. The Kier molecular flexibility index (Phi) is 11.2. The number of rotatable bonds is 10. The largest absolute Gasteiger partial charge is 0.394 e. The average Bonchev–Trinajstić information content (AvgIpc) is 3.80. The highest BCUT2D eigenvalue weighted by Crippen LogP contribution is 2.48. The van der Waals surface area contributed by atoms with E-state index in [4.69, 9.17) is 28.4 Å². The molecule has 21 heteroatoms. The van der Waals surface area contributed by atoms with Gasteiger partial charge < -0.3 is 105 Å². The highest BCUT2D eigenvalue weighted by atomic mass is 16.8. The van der Waals surface area contributed by atoms with E-state index in [1.807, 2.05) is 0 Å². The minimum Gasteiger partial charge on any atom is -0.394 e. The Bertz CT molecular complexity index is 1010. The zero-order chi connectivity index (χ0) is 33.8. The molecule has 0 spiro atoms. The maximum absolute atomic E-state index is 11.0. The van der Waals surface area contributed by atoms with Gasteiger partial charge in [-0.3, -0.25) is 0 Å². The second-order valence-electron chi connectivity index (χ2n) is 12.1. The average molecular weight is 678 g/mol. The molecule has 15 N–H and O–H groups in total. The number of aliphatic hydroxyl groups excluding tert-OH is 14. The second-order valence-corrected chi connectivity index (χ2v) is 12.1. The Morgan fingerprint density at radius 2 is 1.00 bits per heavy atom.